The maximum absolute atomic E-state index is 6.05. The lowest BCUT2D eigenvalue weighted by Crippen LogP contribution is -2.10. The Morgan fingerprint density at radius 3 is 2.56 bits per heavy atom. The van der Waals surface area contributed by atoms with Gasteiger partial charge in [-0.1, -0.05) is 23.7 Å². The van der Waals surface area contributed by atoms with Gasteiger partial charge in [-0.05, 0) is 35.4 Å². The van der Waals surface area contributed by atoms with Crippen molar-refractivity contribution in [2.45, 2.75) is 0 Å². The molecule has 4 heteroatoms. The lowest BCUT2D eigenvalue weighted by atomic mass is 10.1. The molecule has 0 saturated carbocycles. The second kappa shape index (κ2) is 5.27. The Morgan fingerprint density at radius 2 is 1.89 bits per heavy atom. The highest BCUT2D eigenvalue weighted by Gasteiger charge is 2.06. The largest absolute Gasteiger partial charge is 0.497 e. The van der Waals surface area contributed by atoms with E-state index in [1.807, 2.05) is 55.4 Å². The summed E-state index contributed by atoms with van der Waals surface area (Å²) in [7, 11) is 5.53. The molecule has 0 aliphatic carbocycles. The van der Waals surface area contributed by atoms with Gasteiger partial charge < -0.3 is 9.64 Å². The van der Waals surface area contributed by atoms with Crippen LogP contribution in [0.25, 0.3) is 11.1 Å². The average molecular weight is 263 g/mol. The molecule has 1 aromatic heterocycles. The van der Waals surface area contributed by atoms with E-state index in [4.69, 9.17) is 16.3 Å². The molecule has 1 heterocycles. The first-order valence-electron chi connectivity index (χ1n) is 5.59. The molecule has 0 unspecified atom stereocenters. The van der Waals surface area contributed by atoms with Crippen LogP contribution in [0.5, 0.6) is 5.75 Å². The number of ether oxygens (including phenoxy) is 1. The summed E-state index contributed by atoms with van der Waals surface area (Å²) in [6, 6.07) is 11.7. The molecule has 2 rings (SSSR count). The molecule has 18 heavy (non-hydrogen) atoms. The number of hydrogen-bond acceptors (Lipinski definition) is 3. The Bertz CT molecular complexity index is 555. The number of benzene rings is 1. The predicted molar refractivity (Wildman–Crippen MR) is 75.6 cm³/mol. The summed E-state index contributed by atoms with van der Waals surface area (Å²) in [5.74, 6) is 1.66. The Morgan fingerprint density at radius 1 is 1.11 bits per heavy atom. The molecule has 0 saturated heterocycles. The number of hydrogen-bond donors (Lipinski definition) is 0. The standard InChI is InChI=1S/C14H15ClN2O/c1-17(2)14-9-11(8-13(15)16-14)10-5-4-6-12(7-10)18-3/h4-9H,1-3H3. The molecular formula is C14H15ClN2O. The maximum Gasteiger partial charge on any atom is 0.132 e. The molecule has 0 N–H and O–H groups in total. The van der Waals surface area contributed by atoms with Crippen molar-refractivity contribution in [2.75, 3.05) is 26.1 Å². The molecule has 0 aliphatic heterocycles. The summed E-state index contributed by atoms with van der Waals surface area (Å²) in [5.41, 5.74) is 2.08. The van der Waals surface area contributed by atoms with E-state index in [0.29, 0.717) is 5.15 Å². The Balaban J connectivity index is 2.49. The fraction of sp³-hybridized carbons (Fsp3) is 0.214. The van der Waals surface area contributed by atoms with Crippen LogP contribution in [-0.4, -0.2) is 26.2 Å². The third kappa shape index (κ3) is 2.74. The van der Waals surface area contributed by atoms with Crippen molar-refractivity contribution in [1.82, 2.24) is 4.98 Å². The van der Waals surface area contributed by atoms with Crippen molar-refractivity contribution >= 4 is 17.4 Å². The summed E-state index contributed by atoms with van der Waals surface area (Å²) in [6.07, 6.45) is 0. The molecule has 0 radical (unpaired) electrons. The summed E-state index contributed by atoms with van der Waals surface area (Å²) in [4.78, 5) is 6.19. The maximum atomic E-state index is 6.05. The number of halogens is 1. The summed E-state index contributed by atoms with van der Waals surface area (Å²) in [5, 5.41) is 0.485. The molecule has 2 aromatic rings. The number of methoxy groups -OCH3 is 1. The Labute approximate surface area is 112 Å². The molecule has 0 spiro atoms. The summed E-state index contributed by atoms with van der Waals surface area (Å²) in [6.45, 7) is 0. The number of rotatable bonds is 3. The van der Waals surface area contributed by atoms with Gasteiger partial charge in [0.2, 0.25) is 0 Å². The molecule has 3 nitrogen and oxygen atoms in total. The minimum absolute atomic E-state index is 0.485. The zero-order chi connectivity index (χ0) is 13.1. The number of aromatic nitrogens is 1. The van der Waals surface area contributed by atoms with Gasteiger partial charge in [0.25, 0.3) is 0 Å². The minimum Gasteiger partial charge on any atom is -0.497 e. The molecule has 94 valence electrons. The summed E-state index contributed by atoms with van der Waals surface area (Å²) < 4.78 is 5.23. The molecule has 1 aromatic carbocycles. The predicted octanol–water partition coefficient (Wildman–Crippen LogP) is 3.48. The highest BCUT2D eigenvalue weighted by molar-refractivity contribution is 6.29. The van der Waals surface area contributed by atoms with E-state index in [9.17, 15) is 0 Å². The van der Waals surface area contributed by atoms with Gasteiger partial charge in [-0.3, -0.25) is 0 Å². The lowest BCUT2D eigenvalue weighted by Gasteiger charge is -2.13. The van der Waals surface area contributed by atoms with Crippen LogP contribution in [0.1, 0.15) is 0 Å². The molecule has 0 aliphatic rings. The third-order valence-electron chi connectivity index (χ3n) is 2.64. The first kappa shape index (κ1) is 12.7. The van der Waals surface area contributed by atoms with E-state index < -0.39 is 0 Å². The van der Waals surface area contributed by atoms with Gasteiger partial charge in [-0.2, -0.15) is 0 Å². The smallest absolute Gasteiger partial charge is 0.132 e. The molecule has 0 fully saturated rings. The molecule has 0 amide bonds. The van der Waals surface area contributed by atoms with Gasteiger partial charge in [0, 0.05) is 14.1 Å². The van der Waals surface area contributed by atoms with Crippen molar-refractivity contribution in [3.8, 4) is 16.9 Å². The lowest BCUT2D eigenvalue weighted by molar-refractivity contribution is 0.415. The van der Waals surface area contributed by atoms with E-state index in [1.165, 1.54) is 0 Å². The van der Waals surface area contributed by atoms with Crippen LogP contribution < -0.4 is 9.64 Å². The SMILES string of the molecule is COc1cccc(-c2cc(Cl)nc(N(C)C)c2)c1. The van der Waals surface area contributed by atoms with Crippen molar-refractivity contribution in [1.29, 1.82) is 0 Å². The number of nitrogens with zero attached hydrogens (tertiary/aromatic N) is 2. The van der Waals surface area contributed by atoms with Crippen molar-refractivity contribution < 1.29 is 4.74 Å². The Kier molecular flexibility index (Phi) is 3.72. The quantitative estimate of drug-likeness (QED) is 0.792. The molecule has 0 bridgehead atoms. The second-order valence-corrected chi connectivity index (χ2v) is 4.55. The van der Waals surface area contributed by atoms with Crippen LogP contribution in [0.15, 0.2) is 36.4 Å². The molecular weight excluding hydrogens is 248 g/mol. The number of anilines is 1. The van der Waals surface area contributed by atoms with Crippen molar-refractivity contribution in [3.63, 3.8) is 0 Å². The van der Waals surface area contributed by atoms with Crippen LogP contribution >= 0.6 is 11.6 Å². The normalized spacial score (nSPS) is 10.2. The first-order valence-corrected chi connectivity index (χ1v) is 5.97. The van der Waals surface area contributed by atoms with Crippen LogP contribution in [0.2, 0.25) is 5.15 Å². The minimum atomic E-state index is 0.485. The van der Waals surface area contributed by atoms with E-state index in [0.717, 1.165) is 22.7 Å². The zero-order valence-corrected chi connectivity index (χ0v) is 11.4. The fourth-order valence-corrected chi connectivity index (χ4v) is 1.89. The van der Waals surface area contributed by atoms with E-state index >= 15 is 0 Å². The second-order valence-electron chi connectivity index (χ2n) is 4.16. The third-order valence-corrected chi connectivity index (χ3v) is 2.84. The van der Waals surface area contributed by atoms with Crippen molar-refractivity contribution in [2.24, 2.45) is 0 Å². The van der Waals surface area contributed by atoms with Gasteiger partial charge in [-0.25, -0.2) is 4.98 Å². The first-order chi connectivity index (χ1) is 8.60. The topological polar surface area (TPSA) is 25.4 Å². The Hall–Kier alpha value is -1.74. The monoisotopic (exact) mass is 262 g/mol. The van der Waals surface area contributed by atoms with Gasteiger partial charge in [-0.15, -0.1) is 0 Å². The van der Waals surface area contributed by atoms with Gasteiger partial charge in [0.1, 0.15) is 16.7 Å². The van der Waals surface area contributed by atoms with Gasteiger partial charge >= 0.3 is 0 Å². The molecule has 0 atom stereocenters. The van der Waals surface area contributed by atoms with Crippen LogP contribution in [-0.2, 0) is 0 Å². The average Bonchev–Trinajstić information content (AvgIpc) is 2.38. The van der Waals surface area contributed by atoms with Gasteiger partial charge in [0.15, 0.2) is 0 Å². The van der Waals surface area contributed by atoms with Crippen LogP contribution in [0.3, 0.4) is 0 Å². The van der Waals surface area contributed by atoms with E-state index in [2.05, 4.69) is 4.98 Å². The van der Waals surface area contributed by atoms with Crippen molar-refractivity contribution in [3.05, 3.63) is 41.6 Å². The van der Waals surface area contributed by atoms with E-state index in [-0.39, 0.29) is 0 Å². The van der Waals surface area contributed by atoms with Crippen LogP contribution in [0, 0.1) is 0 Å². The van der Waals surface area contributed by atoms with Crippen LogP contribution in [0.4, 0.5) is 5.82 Å². The zero-order valence-electron chi connectivity index (χ0n) is 10.6. The van der Waals surface area contributed by atoms with E-state index in [1.54, 1.807) is 7.11 Å². The highest BCUT2D eigenvalue weighted by atomic mass is 35.5. The van der Waals surface area contributed by atoms with Gasteiger partial charge in [0.05, 0.1) is 7.11 Å². The highest BCUT2D eigenvalue weighted by Crippen LogP contribution is 2.28. The summed E-state index contributed by atoms with van der Waals surface area (Å²) >= 11 is 6.05. The fourth-order valence-electron chi connectivity index (χ4n) is 1.68. The number of pyridine rings is 1.